The third kappa shape index (κ3) is 5.91. The number of carbonyl (C=O) groups is 1. The van der Waals surface area contributed by atoms with Gasteiger partial charge in [0.2, 0.25) is 0 Å². The van der Waals surface area contributed by atoms with Crippen molar-refractivity contribution in [2.24, 2.45) is 0 Å². The lowest BCUT2D eigenvalue weighted by atomic mass is 9.97. The quantitative estimate of drug-likeness (QED) is 0.411. The number of esters is 1. The minimum Gasteiger partial charge on any atom is -0.469 e. The first-order valence-electron chi connectivity index (χ1n) is 6.28. The number of ether oxygens (including phenoxy) is 1. The molecule has 0 fully saturated rings. The van der Waals surface area contributed by atoms with Gasteiger partial charge >= 0.3 is 5.97 Å². The van der Waals surface area contributed by atoms with E-state index in [2.05, 4.69) is 16.1 Å². The van der Waals surface area contributed by atoms with E-state index in [-0.39, 0.29) is 5.97 Å². The number of methoxy groups -OCH3 is 1. The van der Waals surface area contributed by atoms with Crippen molar-refractivity contribution in [3.8, 4) is 0 Å². The fraction of sp³-hybridized carbons (Fsp3) is 0.769. The van der Waals surface area contributed by atoms with E-state index in [4.69, 9.17) is 0 Å². The largest absolute Gasteiger partial charge is 0.469 e. The standard InChI is InChI=1S/C13H23NO2/c1-16-13(15)8-5-10-14-11-9-12-6-3-2-4-7-12/h6,14H,2-5,7-11H2,1H3. The molecular weight excluding hydrogens is 202 g/mol. The van der Waals surface area contributed by atoms with Crippen molar-refractivity contribution >= 4 is 5.97 Å². The van der Waals surface area contributed by atoms with E-state index >= 15 is 0 Å². The van der Waals surface area contributed by atoms with Gasteiger partial charge in [-0.3, -0.25) is 4.79 Å². The average Bonchev–Trinajstić information content (AvgIpc) is 2.34. The number of hydrogen-bond donors (Lipinski definition) is 1. The van der Waals surface area contributed by atoms with Crippen LogP contribution in [0.1, 0.15) is 44.9 Å². The fourth-order valence-corrected chi connectivity index (χ4v) is 1.97. The van der Waals surface area contributed by atoms with Crippen LogP contribution in [0.15, 0.2) is 11.6 Å². The Kier molecular flexibility index (Phi) is 6.90. The highest BCUT2D eigenvalue weighted by Crippen LogP contribution is 2.19. The second kappa shape index (κ2) is 8.34. The van der Waals surface area contributed by atoms with Gasteiger partial charge in [0, 0.05) is 6.42 Å². The third-order valence-electron chi connectivity index (χ3n) is 2.97. The third-order valence-corrected chi connectivity index (χ3v) is 2.97. The summed E-state index contributed by atoms with van der Waals surface area (Å²) in [7, 11) is 1.44. The molecule has 1 rings (SSSR count). The predicted molar refractivity (Wildman–Crippen MR) is 65.3 cm³/mol. The van der Waals surface area contributed by atoms with Gasteiger partial charge in [-0.05, 0) is 51.6 Å². The SMILES string of the molecule is COC(=O)CCCNCCC1=CCCCC1. The molecule has 0 heterocycles. The molecule has 0 radical (unpaired) electrons. The molecule has 1 aliphatic carbocycles. The molecule has 0 aromatic heterocycles. The van der Waals surface area contributed by atoms with Crippen molar-refractivity contribution in [1.82, 2.24) is 5.32 Å². The normalized spacial score (nSPS) is 15.7. The number of rotatable bonds is 7. The van der Waals surface area contributed by atoms with Crippen molar-refractivity contribution < 1.29 is 9.53 Å². The first-order valence-corrected chi connectivity index (χ1v) is 6.28. The second-order valence-corrected chi connectivity index (χ2v) is 4.29. The highest BCUT2D eigenvalue weighted by molar-refractivity contribution is 5.69. The van der Waals surface area contributed by atoms with Gasteiger partial charge < -0.3 is 10.1 Å². The molecule has 0 amide bonds. The summed E-state index contributed by atoms with van der Waals surface area (Å²) in [6, 6.07) is 0. The van der Waals surface area contributed by atoms with E-state index in [0.29, 0.717) is 6.42 Å². The summed E-state index contributed by atoms with van der Waals surface area (Å²) in [5.41, 5.74) is 1.60. The topological polar surface area (TPSA) is 38.3 Å². The first-order chi connectivity index (χ1) is 7.83. The number of nitrogens with one attached hydrogen (secondary N) is 1. The maximum Gasteiger partial charge on any atom is 0.305 e. The van der Waals surface area contributed by atoms with Gasteiger partial charge in [0.15, 0.2) is 0 Å². The van der Waals surface area contributed by atoms with Gasteiger partial charge in [-0.15, -0.1) is 0 Å². The van der Waals surface area contributed by atoms with Crippen LogP contribution in [0.25, 0.3) is 0 Å². The van der Waals surface area contributed by atoms with Gasteiger partial charge in [-0.25, -0.2) is 0 Å². The van der Waals surface area contributed by atoms with Crippen molar-refractivity contribution in [2.75, 3.05) is 20.2 Å². The molecule has 3 heteroatoms. The van der Waals surface area contributed by atoms with E-state index in [0.717, 1.165) is 25.9 Å². The molecule has 0 aromatic carbocycles. The Bertz CT molecular complexity index is 236. The zero-order chi connectivity index (χ0) is 11.6. The lowest BCUT2D eigenvalue weighted by Crippen LogP contribution is -2.18. The Morgan fingerprint density at radius 2 is 2.31 bits per heavy atom. The fourth-order valence-electron chi connectivity index (χ4n) is 1.97. The summed E-state index contributed by atoms with van der Waals surface area (Å²) in [4.78, 5) is 10.8. The average molecular weight is 225 g/mol. The van der Waals surface area contributed by atoms with Crippen molar-refractivity contribution in [1.29, 1.82) is 0 Å². The summed E-state index contributed by atoms with van der Waals surface area (Å²) in [5.74, 6) is -0.114. The summed E-state index contributed by atoms with van der Waals surface area (Å²) < 4.78 is 4.58. The van der Waals surface area contributed by atoms with Crippen LogP contribution in [0.2, 0.25) is 0 Å². The van der Waals surface area contributed by atoms with Gasteiger partial charge in [-0.2, -0.15) is 0 Å². The van der Waals surface area contributed by atoms with E-state index in [1.54, 1.807) is 5.57 Å². The summed E-state index contributed by atoms with van der Waals surface area (Å²) >= 11 is 0. The van der Waals surface area contributed by atoms with Crippen LogP contribution >= 0.6 is 0 Å². The highest BCUT2D eigenvalue weighted by atomic mass is 16.5. The molecule has 1 N–H and O–H groups in total. The van der Waals surface area contributed by atoms with Gasteiger partial charge in [0.1, 0.15) is 0 Å². The van der Waals surface area contributed by atoms with Crippen LogP contribution in [0, 0.1) is 0 Å². The van der Waals surface area contributed by atoms with Crippen LogP contribution in [0.3, 0.4) is 0 Å². The van der Waals surface area contributed by atoms with Crippen LogP contribution in [-0.2, 0) is 9.53 Å². The van der Waals surface area contributed by atoms with Crippen molar-refractivity contribution in [2.45, 2.75) is 44.9 Å². The van der Waals surface area contributed by atoms with Gasteiger partial charge in [-0.1, -0.05) is 11.6 Å². The molecule has 0 spiro atoms. The number of hydrogen-bond acceptors (Lipinski definition) is 3. The maximum absolute atomic E-state index is 10.8. The van der Waals surface area contributed by atoms with Crippen LogP contribution < -0.4 is 5.32 Å². The van der Waals surface area contributed by atoms with Crippen LogP contribution in [-0.4, -0.2) is 26.2 Å². The summed E-state index contributed by atoms with van der Waals surface area (Å²) in [6.07, 6.45) is 10.2. The molecule has 0 saturated heterocycles. The van der Waals surface area contributed by atoms with E-state index in [1.807, 2.05) is 0 Å². The molecule has 0 atom stereocenters. The van der Waals surface area contributed by atoms with E-state index in [9.17, 15) is 4.79 Å². The second-order valence-electron chi connectivity index (χ2n) is 4.29. The summed E-state index contributed by atoms with van der Waals surface area (Å²) in [5, 5.41) is 3.36. The van der Waals surface area contributed by atoms with Crippen LogP contribution in [0.4, 0.5) is 0 Å². The van der Waals surface area contributed by atoms with Crippen molar-refractivity contribution in [3.63, 3.8) is 0 Å². The minimum atomic E-state index is -0.114. The first kappa shape index (κ1) is 13.2. The lowest BCUT2D eigenvalue weighted by Gasteiger charge is -2.12. The Morgan fingerprint density at radius 1 is 1.44 bits per heavy atom. The number of carbonyl (C=O) groups excluding carboxylic acids is 1. The molecule has 16 heavy (non-hydrogen) atoms. The Balaban J connectivity index is 1.91. The molecule has 3 nitrogen and oxygen atoms in total. The number of allylic oxidation sites excluding steroid dienone is 1. The van der Waals surface area contributed by atoms with Crippen LogP contribution in [0.5, 0.6) is 0 Å². The molecule has 1 aliphatic rings. The molecule has 92 valence electrons. The zero-order valence-corrected chi connectivity index (χ0v) is 10.3. The van der Waals surface area contributed by atoms with Gasteiger partial charge in [0.05, 0.1) is 7.11 Å². The minimum absolute atomic E-state index is 0.114. The lowest BCUT2D eigenvalue weighted by molar-refractivity contribution is -0.140. The van der Waals surface area contributed by atoms with Gasteiger partial charge in [0.25, 0.3) is 0 Å². The predicted octanol–water partition coefficient (Wildman–Crippen LogP) is 2.42. The Morgan fingerprint density at radius 3 is 3.00 bits per heavy atom. The molecule has 0 aromatic rings. The Labute approximate surface area is 98.2 Å². The zero-order valence-electron chi connectivity index (χ0n) is 10.3. The van der Waals surface area contributed by atoms with Crippen molar-refractivity contribution in [3.05, 3.63) is 11.6 Å². The molecule has 0 aliphatic heterocycles. The molecule has 0 saturated carbocycles. The monoisotopic (exact) mass is 225 g/mol. The Hall–Kier alpha value is -0.830. The summed E-state index contributed by atoms with van der Waals surface area (Å²) in [6.45, 7) is 1.94. The maximum atomic E-state index is 10.8. The highest BCUT2D eigenvalue weighted by Gasteiger charge is 2.03. The molecule has 0 unspecified atom stereocenters. The van der Waals surface area contributed by atoms with E-state index in [1.165, 1.54) is 32.8 Å². The molecule has 0 bridgehead atoms. The smallest absolute Gasteiger partial charge is 0.305 e. The molecular formula is C13H23NO2. The van der Waals surface area contributed by atoms with E-state index < -0.39 is 0 Å².